The van der Waals surface area contributed by atoms with Gasteiger partial charge in [0.25, 0.3) is 5.91 Å². The van der Waals surface area contributed by atoms with Crippen LogP contribution in [0.3, 0.4) is 0 Å². The number of aryl methyl sites for hydroxylation is 1. The fourth-order valence-corrected chi connectivity index (χ4v) is 3.68. The molecule has 0 saturated heterocycles. The first-order valence-electron chi connectivity index (χ1n) is 9.32. The van der Waals surface area contributed by atoms with E-state index >= 15 is 0 Å². The van der Waals surface area contributed by atoms with Crippen molar-refractivity contribution in [2.24, 2.45) is 0 Å². The van der Waals surface area contributed by atoms with E-state index in [1.807, 2.05) is 61.2 Å². The third-order valence-electron chi connectivity index (χ3n) is 5.29. The van der Waals surface area contributed by atoms with Gasteiger partial charge in [-0.1, -0.05) is 35.9 Å². The van der Waals surface area contributed by atoms with E-state index in [2.05, 4.69) is 10.2 Å². The fourth-order valence-electron chi connectivity index (χ4n) is 3.49. The van der Waals surface area contributed by atoms with E-state index < -0.39 is 0 Å². The number of H-pyrrole nitrogens is 1. The van der Waals surface area contributed by atoms with Crippen molar-refractivity contribution >= 4 is 17.5 Å². The Labute approximate surface area is 169 Å². The van der Waals surface area contributed by atoms with Crippen LogP contribution >= 0.6 is 11.6 Å². The number of amides is 1. The van der Waals surface area contributed by atoms with Crippen LogP contribution in [0.4, 0.5) is 0 Å². The molecule has 3 aromatic rings. The summed E-state index contributed by atoms with van der Waals surface area (Å²) in [5.41, 5.74) is 6.14. The van der Waals surface area contributed by atoms with Crippen LogP contribution in [0.25, 0.3) is 11.3 Å². The summed E-state index contributed by atoms with van der Waals surface area (Å²) in [5.74, 6) is 0.735. The third kappa shape index (κ3) is 3.62. The maximum absolute atomic E-state index is 12.8. The van der Waals surface area contributed by atoms with Gasteiger partial charge >= 0.3 is 0 Å². The Hall–Kier alpha value is -2.79. The minimum atomic E-state index is -0.0233. The van der Waals surface area contributed by atoms with Crippen LogP contribution in [-0.4, -0.2) is 34.2 Å². The molecule has 0 aliphatic carbocycles. The Bertz CT molecular complexity index is 1030. The average molecular weight is 396 g/mol. The number of hydrogen-bond acceptors (Lipinski definition) is 3. The molecule has 1 aromatic heterocycles. The molecule has 0 atom stereocenters. The lowest BCUT2D eigenvalue weighted by molar-refractivity contribution is -0.134. The maximum atomic E-state index is 12.8. The molecule has 1 aliphatic rings. The van der Waals surface area contributed by atoms with Crippen LogP contribution in [0.5, 0.6) is 5.75 Å². The van der Waals surface area contributed by atoms with Crippen LogP contribution in [0.15, 0.2) is 42.5 Å². The summed E-state index contributed by atoms with van der Waals surface area (Å²) in [5, 5.41) is 8.24. The molecule has 1 amide bonds. The van der Waals surface area contributed by atoms with Crippen LogP contribution in [0, 0.1) is 13.8 Å². The number of aromatic nitrogens is 2. The van der Waals surface area contributed by atoms with Crippen molar-refractivity contribution < 1.29 is 9.53 Å². The van der Waals surface area contributed by atoms with Crippen molar-refractivity contribution in [3.63, 3.8) is 0 Å². The van der Waals surface area contributed by atoms with Gasteiger partial charge in [0.2, 0.25) is 0 Å². The summed E-state index contributed by atoms with van der Waals surface area (Å²) < 4.78 is 5.80. The number of carbonyl (C=O) groups excluding carboxylic acids is 1. The van der Waals surface area contributed by atoms with Crippen molar-refractivity contribution in [2.45, 2.75) is 26.8 Å². The van der Waals surface area contributed by atoms with E-state index in [9.17, 15) is 4.79 Å². The Morgan fingerprint density at radius 1 is 1.25 bits per heavy atom. The Morgan fingerprint density at radius 2 is 2.07 bits per heavy atom. The highest BCUT2D eigenvalue weighted by Crippen LogP contribution is 2.30. The molecule has 0 spiro atoms. The van der Waals surface area contributed by atoms with E-state index in [-0.39, 0.29) is 12.5 Å². The van der Waals surface area contributed by atoms with Gasteiger partial charge in [0.05, 0.1) is 5.69 Å². The SMILES string of the molecule is Cc1cccc(OCC(=O)N2CCc3[nH]nc(-c4cccc(Cl)c4)c3C2)c1C. The van der Waals surface area contributed by atoms with Crippen molar-refractivity contribution in [1.82, 2.24) is 15.1 Å². The average Bonchev–Trinajstić information content (AvgIpc) is 3.12. The van der Waals surface area contributed by atoms with E-state index in [0.29, 0.717) is 18.1 Å². The zero-order valence-electron chi connectivity index (χ0n) is 16.0. The summed E-state index contributed by atoms with van der Waals surface area (Å²) in [6.07, 6.45) is 0.748. The number of nitrogens with one attached hydrogen (secondary N) is 1. The molecular formula is C22H22ClN3O2. The van der Waals surface area contributed by atoms with Gasteiger partial charge in [-0.3, -0.25) is 9.89 Å². The minimum absolute atomic E-state index is 0.0233. The van der Waals surface area contributed by atoms with Crippen LogP contribution < -0.4 is 4.74 Å². The first kappa shape index (κ1) is 18.6. The molecule has 6 heteroatoms. The predicted molar refractivity (Wildman–Crippen MR) is 110 cm³/mol. The second-order valence-electron chi connectivity index (χ2n) is 7.09. The standard InChI is InChI=1S/C22H22ClN3O2/c1-14-5-3-8-20(15(14)2)28-13-21(27)26-10-9-19-18(12-26)22(25-24-19)16-6-4-7-17(23)11-16/h3-8,11H,9-10,12-13H2,1-2H3,(H,24,25). The molecule has 2 aromatic carbocycles. The number of aromatic amines is 1. The van der Waals surface area contributed by atoms with Gasteiger partial charge in [0.15, 0.2) is 6.61 Å². The predicted octanol–water partition coefficient (Wildman–Crippen LogP) is 4.31. The highest BCUT2D eigenvalue weighted by molar-refractivity contribution is 6.30. The Balaban J connectivity index is 1.48. The quantitative estimate of drug-likeness (QED) is 0.716. The van der Waals surface area contributed by atoms with Crippen molar-refractivity contribution in [2.75, 3.05) is 13.2 Å². The zero-order valence-corrected chi connectivity index (χ0v) is 16.7. The molecule has 28 heavy (non-hydrogen) atoms. The minimum Gasteiger partial charge on any atom is -0.483 e. The zero-order chi connectivity index (χ0) is 19.7. The smallest absolute Gasteiger partial charge is 0.260 e. The maximum Gasteiger partial charge on any atom is 0.260 e. The van der Waals surface area contributed by atoms with E-state index in [0.717, 1.165) is 45.8 Å². The van der Waals surface area contributed by atoms with E-state index in [4.69, 9.17) is 16.3 Å². The van der Waals surface area contributed by atoms with Crippen molar-refractivity contribution in [3.05, 3.63) is 69.9 Å². The summed E-state index contributed by atoms with van der Waals surface area (Å²) in [7, 11) is 0. The summed E-state index contributed by atoms with van der Waals surface area (Å²) in [4.78, 5) is 14.6. The van der Waals surface area contributed by atoms with Crippen LogP contribution in [-0.2, 0) is 17.8 Å². The number of carbonyl (C=O) groups is 1. The van der Waals surface area contributed by atoms with Gasteiger partial charge in [-0.25, -0.2) is 0 Å². The third-order valence-corrected chi connectivity index (χ3v) is 5.53. The first-order valence-corrected chi connectivity index (χ1v) is 9.69. The number of nitrogens with zero attached hydrogens (tertiary/aromatic N) is 2. The summed E-state index contributed by atoms with van der Waals surface area (Å²) in [6, 6.07) is 13.5. The largest absolute Gasteiger partial charge is 0.483 e. The van der Waals surface area contributed by atoms with Crippen LogP contribution in [0.2, 0.25) is 5.02 Å². The second-order valence-corrected chi connectivity index (χ2v) is 7.53. The van der Waals surface area contributed by atoms with Gasteiger partial charge in [0, 0.05) is 41.4 Å². The Kier molecular flexibility index (Phi) is 5.09. The molecular weight excluding hydrogens is 374 g/mol. The molecule has 0 fully saturated rings. The topological polar surface area (TPSA) is 58.2 Å². The first-order chi connectivity index (χ1) is 13.5. The number of benzene rings is 2. The molecule has 4 rings (SSSR count). The Morgan fingerprint density at radius 3 is 2.89 bits per heavy atom. The van der Waals surface area contributed by atoms with E-state index in [1.54, 1.807) is 0 Å². The normalized spacial score (nSPS) is 13.3. The molecule has 0 bridgehead atoms. The number of halogens is 1. The molecule has 0 unspecified atom stereocenters. The van der Waals surface area contributed by atoms with Gasteiger partial charge in [-0.05, 0) is 43.2 Å². The lowest BCUT2D eigenvalue weighted by Gasteiger charge is -2.27. The highest BCUT2D eigenvalue weighted by Gasteiger charge is 2.26. The van der Waals surface area contributed by atoms with Crippen molar-refractivity contribution in [3.8, 4) is 17.0 Å². The van der Waals surface area contributed by atoms with Crippen LogP contribution in [0.1, 0.15) is 22.4 Å². The molecule has 0 radical (unpaired) electrons. The molecule has 2 heterocycles. The lowest BCUT2D eigenvalue weighted by Crippen LogP contribution is -2.38. The van der Waals surface area contributed by atoms with Gasteiger partial charge < -0.3 is 9.64 Å². The molecule has 1 N–H and O–H groups in total. The van der Waals surface area contributed by atoms with Gasteiger partial charge in [-0.15, -0.1) is 0 Å². The second kappa shape index (κ2) is 7.68. The number of ether oxygens (including phenoxy) is 1. The number of rotatable bonds is 4. The highest BCUT2D eigenvalue weighted by atomic mass is 35.5. The van der Waals surface area contributed by atoms with Gasteiger partial charge in [0.1, 0.15) is 5.75 Å². The fraction of sp³-hybridized carbons (Fsp3) is 0.273. The van der Waals surface area contributed by atoms with Crippen molar-refractivity contribution in [1.29, 1.82) is 0 Å². The molecule has 144 valence electrons. The number of hydrogen-bond donors (Lipinski definition) is 1. The summed E-state index contributed by atoms with van der Waals surface area (Å²) in [6.45, 7) is 5.24. The summed E-state index contributed by atoms with van der Waals surface area (Å²) >= 11 is 6.13. The molecule has 0 saturated carbocycles. The molecule has 5 nitrogen and oxygen atoms in total. The lowest BCUT2D eigenvalue weighted by atomic mass is 10.0. The van der Waals surface area contributed by atoms with Gasteiger partial charge in [-0.2, -0.15) is 5.10 Å². The monoisotopic (exact) mass is 395 g/mol. The van der Waals surface area contributed by atoms with E-state index in [1.165, 1.54) is 0 Å². The molecule has 1 aliphatic heterocycles. The number of fused-ring (bicyclic) bond motifs is 1.